The summed E-state index contributed by atoms with van der Waals surface area (Å²) in [5.41, 5.74) is 11.4. The van der Waals surface area contributed by atoms with Gasteiger partial charge in [0.1, 0.15) is 11.6 Å². The molecule has 1 atom stereocenters. The van der Waals surface area contributed by atoms with Crippen LogP contribution in [-0.2, 0) is 9.53 Å². The SMILES string of the molecule is COCCN1CCN(C(=O)C2CCC(c3ccc4nc(C)nc(N[C@@H](C)c5cc(C)cc(N)c5)c4c3)CC2)CC1. The molecule has 0 radical (unpaired) electrons. The maximum Gasteiger partial charge on any atom is 0.225 e. The number of nitrogens with two attached hydrogens (primary N) is 1. The number of anilines is 2. The molecule has 1 aliphatic carbocycles. The molecule has 8 nitrogen and oxygen atoms in total. The highest BCUT2D eigenvalue weighted by atomic mass is 16.5. The zero-order valence-corrected chi connectivity index (χ0v) is 24.4. The minimum absolute atomic E-state index is 0.0478. The van der Waals surface area contributed by atoms with E-state index in [1.807, 2.05) is 19.1 Å². The Hall–Kier alpha value is -3.23. The van der Waals surface area contributed by atoms with Crippen LogP contribution in [0.1, 0.15) is 67.1 Å². The minimum atomic E-state index is 0.0478. The normalized spacial score (nSPS) is 20.9. The number of ether oxygens (including phenoxy) is 1. The molecule has 2 aromatic carbocycles. The van der Waals surface area contributed by atoms with E-state index < -0.39 is 0 Å². The second-order valence-corrected chi connectivity index (χ2v) is 11.6. The topological polar surface area (TPSA) is 96.6 Å². The smallest absolute Gasteiger partial charge is 0.225 e. The van der Waals surface area contributed by atoms with Crippen molar-refractivity contribution >= 4 is 28.3 Å². The predicted molar refractivity (Wildman–Crippen MR) is 161 cm³/mol. The lowest BCUT2D eigenvalue weighted by Gasteiger charge is -2.38. The molecule has 5 rings (SSSR count). The van der Waals surface area contributed by atoms with Crippen LogP contribution in [0.4, 0.5) is 11.5 Å². The van der Waals surface area contributed by atoms with Crippen molar-refractivity contribution in [1.82, 2.24) is 19.8 Å². The van der Waals surface area contributed by atoms with Crippen molar-refractivity contribution in [2.45, 2.75) is 58.4 Å². The summed E-state index contributed by atoms with van der Waals surface area (Å²) in [6.45, 7) is 11.4. The number of aromatic nitrogens is 2. The number of carbonyl (C=O) groups excluding carboxylic acids is 1. The molecule has 0 spiro atoms. The van der Waals surface area contributed by atoms with E-state index >= 15 is 0 Å². The Kier molecular flexibility index (Phi) is 8.86. The first-order valence-electron chi connectivity index (χ1n) is 14.7. The van der Waals surface area contributed by atoms with Crippen molar-refractivity contribution < 1.29 is 9.53 Å². The number of nitrogen functional groups attached to an aromatic ring is 1. The van der Waals surface area contributed by atoms with Gasteiger partial charge in [-0.2, -0.15) is 0 Å². The summed E-state index contributed by atoms with van der Waals surface area (Å²) in [5.74, 6) is 2.54. The van der Waals surface area contributed by atoms with Crippen LogP contribution in [0, 0.1) is 19.8 Å². The highest BCUT2D eigenvalue weighted by Gasteiger charge is 2.31. The van der Waals surface area contributed by atoms with E-state index in [-0.39, 0.29) is 12.0 Å². The molecule has 3 N–H and O–H groups in total. The third-order valence-corrected chi connectivity index (χ3v) is 8.65. The Bertz CT molecular complexity index is 1310. The molecule has 2 aliphatic rings. The van der Waals surface area contributed by atoms with Crippen molar-refractivity contribution in [3.63, 3.8) is 0 Å². The second-order valence-electron chi connectivity index (χ2n) is 11.6. The van der Waals surface area contributed by atoms with Crippen molar-refractivity contribution in [1.29, 1.82) is 0 Å². The Morgan fingerprint density at radius 3 is 2.50 bits per heavy atom. The third-order valence-electron chi connectivity index (χ3n) is 8.65. The van der Waals surface area contributed by atoms with Crippen LogP contribution in [0.3, 0.4) is 0 Å². The molecule has 3 aromatic rings. The summed E-state index contributed by atoms with van der Waals surface area (Å²) in [5, 5.41) is 4.67. The number of methoxy groups -OCH3 is 1. The number of piperazine rings is 1. The molecule has 2 heterocycles. The molecule has 40 heavy (non-hydrogen) atoms. The lowest BCUT2D eigenvalue weighted by atomic mass is 9.78. The Morgan fingerprint density at radius 1 is 1.05 bits per heavy atom. The van der Waals surface area contributed by atoms with Crippen LogP contribution in [0.15, 0.2) is 36.4 Å². The van der Waals surface area contributed by atoms with E-state index in [2.05, 4.69) is 53.2 Å². The number of nitrogens with one attached hydrogen (secondary N) is 1. The standard InChI is InChI=1S/C32H44N6O2/c1-21-17-27(19-28(33)18-21)22(2)34-31-29-20-26(9-10-30(29)35-23(3)36-31)24-5-7-25(8-6-24)32(39)38-13-11-37(12-14-38)15-16-40-4/h9-10,17-20,22,24-25H,5-8,11-16,33H2,1-4H3,(H,34,35,36)/t22-,24?,25?/m0/s1. The van der Waals surface area contributed by atoms with Crippen LogP contribution < -0.4 is 11.1 Å². The van der Waals surface area contributed by atoms with Gasteiger partial charge in [-0.15, -0.1) is 0 Å². The first-order valence-corrected chi connectivity index (χ1v) is 14.7. The highest BCUT2D eigenvalue weighted by molar-refractivity contribution is 5.90. The number of amides is 1. The number of hydrogen-bond donors (Lipinski definition) is 2. The molecule has 214 valence electrons. The number of benzene rings is 2. The van der Waals surface area contributed by atoms with Crippen molar-refractivity contribution in [2.75, 3.05) is 57.5 Å². The Morgan fingerprint density at radius 2 is 1.80 bits per heavy atom. The number of aryl methyl sites for hydroxylation is 2. The van der Waals surface area contributed by atoms with Gasteiger partial charge in [-0.05, 0) is 93.3 Å². The van der Waals surface area contributed by atoms with E-state index in [0.717, 1.165) is 104 Å². The van der Waals surface area contributed by atoms with Crippen molar-refractivity contribution in [2.24, 2.45) is 5.92 Å². The van der Waals surface area contributed by atoms with Crippen LogP contribution in [0.2, 0.25) is 0 Å². The number of fused-ring (bicyclic) bond motifs is 1. The van der Waals surface area contributed by atoms with Gasteiger partial charge in [-0.3, -0.25) is 9.69 Å². The fourth-order valence-electron chi connectivity index (χ4n) is 6.35. The first kappa shape index (κ1) is 28.3. The predicted octanol–water partition coefficient (Wildman–Crippen LogP) is 5.07. The van der Waals surface area contributed by atoms with Crippen molar-refractivity contribution in [3.05, 3.63) is 58.9 Å². The molecule has 1 saturated heterocycles. The van der Waals surface area contributed by atoms with E-state index in [9.17, 15) is 4.79 Å². The summed E-state index contributed by atoms with van der Waals surface area (Å²) in [7, 11) is 1.74. The average Bonchev–Trinajstić information content (AvgIpc) is 2.95. The monoisotopic (exact) mass is 544 g/mol. The van der Waals surface area contributed by atoms with Crippen LogP contribution in [-0.4, -0.2) is 72.1 Å². The van der Waals surface area contributed by atoms with Crippen LogP contribution in [0.5, 0.6) is 0 Å². The van der Waals surface area contributed by atoms with Gasteiger partial charge in [0.05, 0.1) is 18.2 Å². The lowest BCUT2D eigenvalue weighted by molar-refractivity contribution is -0.138. The van der Waals surface area contributed by atoms with Gasteiger partial charge >= 0.3 is 0 Å². The number of carbonyl (C=O) groups is 1. The van der Waals surface area contributed by atoms with Gasteiger partial charge in [0.2, 0.25) is 5.91 Å². The summed E-state index contributed by atoms with van der Waals surface area (Å²) in [4.78, 5) is 27.3. The van der Waals surface area contributed by atoms with Crippen molar-refractivity contribution in [3.8, 4) is 0 Å². The summed E-state index contributed by atoms with van der Waals surface area (Å²) in [6.07, 6.45) is 3.97. The molecule has 1 amide bonds. The fourth-order valence-corrected chi connectivity index (χ4v) is 6.35. The average molecular weight is 545 g/mol. The maximum atomic E-state index is 13.3. The number of rotatable bonds is 8. The van der Waals surface area contributed by atoms with Crippen LogP contribution in [0.25, 0.3) is 10.9 Å². The van der Waals surface area contributed by atoms with Gasteiger partial charge in [-0.25, -0.2) is 9.97 Å². The Labute approximate surface area is 238 Å². The van der Waals surface area contributed by atoms with E-state index in [1.165, 1.54) is 5.56 Å². The number of nitrogens with zero attached hydrogens (tertiary/aromatic N) is 4. The summed E-state index contributed by atoms with van der Waals surface area (Å²) < 4.78 is 5.20. The molecule has 1 saturated carbocycles. The number of hydrogen-bond acceptors (Lipinski definition) is 7. The highest BCUT2D eigenvalue weighted by Crippen LogP contribution is 2.38. The molecular formula is C32H44N6O2. The van der Waals surface area contributed by atoms with Crippen LogP contribution >= 0.6 is 0 Å². The zero-order valence-electron chi connectivity index (χ0n) is 24.4. The first-order chi connectivity index (χ1) is 19.3. The van der Waals surface area contributed by atoms with E-state index in [0.29, 0.717) is 11.8 Å². The largest absolute Gasteiger partial charge is 0.399 e. The van der Waals surface area contributed by atoms with Gasteiger partial charge in [0, 0.05) is 56.8 Å². The molecule has 8 heteroatoms. The molecule has 1 aromatic heterocycles. The molecule has 0 bridgehead atoms. The maximum absolute atomic E-state index is 13.3. The van der Waals surface area contributed by atoms with E-state index in [1.54, 1.807) is 7.11 Å². The van der Waals surface area contributed by atoms with Gasteiger partial charge in [0.25, 0.3) is 0 Å². The molecule has 1 aliphatic heterocycles. The molecule has 0 unspecified atom stereocenters. The fraction of sp³-hybridized carbons (Fsp3) is 0.531. The van der Waals surface area contributed by atoms with E-state index in [4.69, 9.17) is 20.4 Å². The van der Waals surface area contributed by atoms with Gasteiger partial charge in [-0.1, -0.05) is 12.1 Å². The second kappa shape index (κ2) is 12.5. The summed E-state index contributed by atoms with van der Waals surface area (Å²) in [6, 6.07) is 12.8. The van der Waals surface area contributed by atoms with Gasteiger partial charge in [0.15, 0.2) is 0 Å². The zero-order chi connectivity index (χ0) is 28.2. The molecular weight excluding hydrogens is 500 g/mol. The lowest BCUT2D eigenvalue weighted by Crippen LogP contribution is -2.51. The summed E-state index contributed by atoms with van der Waals surface area (Å²) >= 11 is 0. The molecule has 2 fully saturated rings. The minimum Gasteiger partial charge on any atom is -0.399 e. The third kappa shape index (κ3) is 6.56. The van der Waals surface area contributed by atoms with Gasteiger partial charge < -0.3 is 20.7 Å². The quantitative estimate of drug-likeness (QED) is 0.382. The Balaban J connectivity index is 1.25.